The van der Waals surface area contributed by atoms with Crippen LogP contribution in [0.4, 0.5) is 0 Å². The molecular weight excluding hydrogens is 382 g/mol. The van der Waals surface area contributed by atoms with E-state index in [-0.39, 0.29) is 5.97 Å². The average molecular weight is 407 g/mol. The van der Waals surface area contributed by atoms with Crippen LogP contribution >= 0.6 is 14.0 Å². The number of esters is 1. The van der Waals surface area contributed by atoms with Gasteiger partial charge in [0.15, 0.2) is 0 Å². The molecule has 0 aromatic heterocycles. The Kier molecular flexibility index (Phi) is 6.55. The number of hydrogen-bond acceptors (Lipinski definition) is 2. The molecule has 3 aromatic rings. The van der Waals surface area contributed by atoms with Crippen LogP contribution in [0.5, 0.6) is 0 Å². The van der Waals surface area contributed by atoms with Gasteiger partial charge in [-0.1, -0.05) is 0 Å². The number of benzene rings is 3. The summed E-state index contributed by atoms with van der Waals surface area (Å²) in [6, 6.07) is 31.5. The Hall–Kier alpha value is -2.14. The first-order valence-electron chi connectivity index (χ1n) is 9.26. The van der Waals surface area contributed by atoms with E-state index in [1.807, 2.05) is 39.0 Å². The van der Waals surface area contributed by atoms with E-state index in [1.165, 1.54) is 15.9 Å². The first kappa shape index (κ1) is 20.6. The minimum atomic E-state index is -2.06. The van der Waals surface area contributed by atoms with Crippen LogP contribution in [0.25, 0.3) is 0 Å². The molecule has 2 nitrogen and oxygen atoms in total. The molecule has 0 aliphatic rings. The maximum absolute atomic E-state index is 12.5. The van der Waals surface area contributed by atoms with E-state index in [1.54, 1.807) is 5.80 Å². The molecule has 142 valence electrons. The third kappa shape index (κ3) is 4.82. The van der Waals surface area contributed by atoms with Gasteiger partial charge in [0.1, 0.15) is 0 Å². The van der Waals surface area contributed by atoms with Gasteiger partial charge >= 0.3 is 169 Å². The molecule has 0 bridgehead atoms. The summed E-state index contributed by atoms with van der Waals surface area (Å²) in [5.41, 5.74) is -0.504. The summed E-state index contributed by atoms with van der Waals surface area (Å²) in [6.45, 7) is 3.62. The first-order valence-corrected chi connectivity index (χ1v) is 12.7. The molecule has 0 aliphatic heterocycles. The maximum atomic E-state index is 12.5. The molecule has 0 spiro atoms. The van der Waals surface area contributed by atoms with E-state index in [0.717, 1.165) is 7.49 Å². The number of carbonyl (C=O) groups excluding carboxylic acids is 1. The number of carbonyl (C=O) groups is 1. The predicted molar refractivity (Wildman–Crippen MR) is 124 cm³/mol. The molecule has 4 heteroatoms. The SMILES string of the molecule is CC(C)(C)OC(=O)C=[P+]=P(c1ccccc1)(c1ccccc1)c1ccccc1. The van der Waals surface area contributed by atoms with Crippen LogP contribution in [-0.4, -0.2) is 17.4 Å². The van der Waals surface area contributed by atoms with Gasteiger partial charge in [0.25, 0.3) is 0 Å². The van der Waals surface area contributed by atoms with E-state index in [2.05, 4.69) is 72.8 Å². The monoisotopic (exact) mass is 407 g/mol. The van der Waals surface area contributed by atoms with Crippen LogP contribution in [0.2, 0.25) is 0 Å². The third-order valence-corrected chi connectivity index (χ3v) is 11.4. The predicted octanol–water partition coefficient (Wildman–Crippen LogP) is 4.99. The molecule has 28 heavy (non-hydrogen) atoms. The zero-order valence-corrected chi connectivity index (χ0v) is 18.2. The molecule has 0 N–H and O–H groups in total. The van der Waals surface area contributed by atoms with E-state index >= 15 is 0 Å². The molecule has 0 saturated carbocycles. The van der Waals surface area contributed by atoms with Gasteiger partial charge in [-0.15, -0.1) is 0 Å². The Balaban J connectivity index is 2.35. The second kappa shape index (κ2) is 8.91. The fourth-order valence-electron chi connectivity index (χ4n) is 3.04. The Morgan fingerprint density at radius 3 is 1.43 bits per heavy atom. The van der Waals surface area contributed by atoms with Gasteiger partial charge in [0, 0.05) is 0 Å². The third-order valence-electron chi connectivity index (χ3n) is 4.13. The molecule has 0 aliphatic carbocycles. The number of hydrogen-bond donors (Lipinski definition) is 0. The van der Waals surface area contributed by atoms with E-state index in [0.29, 0.717) is 0 Å². The molecular formula is C24H25O2P2+. The summed E-state index contributed by atoms with van der Waals surface area (Å²) in [4.78, 5) is 12.5. The molecule has 3 rings (SSSR count). The summed E-state index contributed by atoms with van der Waals surface area (Å²) in [5, 5.41) is 3.73. The van der Waals surface area contributed by atoms with Gasteiger partial charge in [0.05, 0.1) is 0 Å². The summed E-state index contributed by atoms with van der Waals surface area (Å²) < 4.78 is 5.56. The Morgan fingerprint density at radius 2 is 1.11 bits per heavy atom. The van der Waals surface area contributed by atoms with E-state index < -0.39 is 12.2 Å². The van der Waals surface area contributed by atoms with Crippen LogP contribution in [0.15, 0.2) is 91.0 Å². The fraction of sp³-hybridized carbons (Fsp3) is 0.167. The van der Waals surface area contributed by atoms with Crippen LogP contribution in [0.1, 0.15) is 20.8 Å². The van der Waals surface area contributed by atoms with Crippen LogP contribution in [0.3, 0.4) is 0 Å². The van der Waals surface area contributed by atoms with Crippen molar-refractivity contribution in [2.24, 2.45) is 0 Å². The van der Waals surface area contributed by atoms with Gasteiger partial charge in [-0.3, -0.25) is 0 Å². The fourth-order valence-corrected chi connectivity index (χ4v) is 9.67. The molecule has 3 aromatic carbocycles. The second-order valence-corrected chi connectivity index (χ2v) is 13.2. The van der Waals surface area contributed by atoms with Crippen molar-refractivity contribution >= 4 is 41.7 Å². The molecule has 0 saturated heterocycles. The van der Waals surface area contributed by atoms with Gasteiger partial charge in [-0.05, 0) is 0 Å². The number of rotatable bonds is 4. The molecule has 0 heterocycles. The molecule has 0 radical (unpaired) electrons. The standard InChI is InChI=1S/C24H25O2P2/c1-24(2,3)26-23(25)19-27-28(20-13-7-4-8-14-20,21-15-9-5-10-16-21)22-17-11-6-12-18-22/h4-19H,1-3H3/q+1. The van der Waals surface area contributed by atoms with Crippen molar-refractivity contribution < 1.29 is 9.53 Å². The quantitative estimate of drug-likeness (QED) is 0.450. The number of ether oxygens (including phenoxy) is 1. The molecule has 0 amide bonds. The van der Waals surface area contributed by atoms with E-state index in [4.69, 9.17) is 4.74 Å². The average Bonchev–Trinajstić information content (AvgIpc) is 2.70. The minimum absolute atomic E-state index is 0.277. The molecule has 0 fully saturated rings. The van der Waals surface area contributed by atoms with Crippen molar-refractivity contribution in [1.29, 1.82) is 0 Å². The summed E-state index contributed by atoms with van der Waals surface area (Å²) >= 11 is 0. The molecule has 0 unspecified atom stereocenters. The van der Waals surface area contributed by atoms with Crippen molar-refractivity contribution in [2.45, 2.75) is 26.4 Å². The van der Waals surface area contributed by atoms with Crippen molar-refractivity contribution in [2.75, 3.05) is 0 Å². The van der Waals surface area contributed by atoms with Crippen LogP contribution < -0.4 is 15.9 Å². The Morgan fingerprint density at radius 1 is 0.750 bits per heavy atom. The van der Waals surface area contributed by atoms with E-state index in [9.17, 15) is 4.79 Å². The van der Waals surface area contributed by atoms with Crippen LogP contribution in [0, 0.1) is 0 Å². The topological polar surface area (TPSA) is 26.3 Å². The zero-order valence-electron chi connectivity index (χ0n) is 16.4. The summed E-state index contributed by atoms with van der Waals surface area (Å²) in [6.07, 6.45) is 0. The van der Waals surface area contributed by atoms with Gasteiger partial charge in [0.2, 0.25) is 0 Å². The Labute approximate surface area is 168 Å². The second-order valence-electron chi connectivity index (χ2n) is 7.42. The summed E-state index contributed by atoms with van der Waals surface area (Å²) in [7, 11) is 0.946. The summed E-state index contributed by atoms with van der Waals surface area (Å²) in [5.74, 6) is 1.42. The van der Waals surface area contributed by atoms with Crippen molar-refractivity contribution in [3.63, 3.8) is 0 Å². The zero-order chi connectivity index (χ0) is 20.0. The van der Waals surface area contributed by atoms with Crippen LogP contribution in [-0.2, 0) is 9.53 Å². The normalized spacial score (nSPS) is 11.5. The Bertz CT molecular complexity index is 911. The van der Waals surface area contributed by atoms with Gasteiger partial charge < -0.3 is 0 Å². The first-order chi connectivity index (χ1) is 13.4. The van der Waals surface area contributed by atoms with Gasteiger partial charge in [-0.2, -0.15) is 0 Å². The van der Waals surface area contributed by atoms with Gasteiger partial charge in [-0.25, -0.2) is 0 Å². The van der Waals surface area contributed by atoms with Crippen molar-refractivity contribution in [3.8, 4) is 0 Å². The molecule has 0 atom stereocenters. The van der Waals surface area contributed by atoms with Crippen molar-refractivity contribution in [1.82, 2.24) is 0 Å². The van der Waals surface area contributed by atoms with Crippen molar-refractivity contribution in [3.05, 3.63) is 91.0 Å².